The van der Waals surface area contributed by atoms with Crippen molar-refractivity contribution in [3.63, 3.8) is 0 Å². The molecule has 0 saturated carbocycles. The fraction of sp³-hybridized carbons (Fsp3) is 0.250. The molecular weight excluding hydrogens is 224 g/mol. The molecule has 2 heteroatoms. The van der Waals surface area contributed by atoms with Crippen molar-refractivity contribution in [2.24, 2.45) is 0 Å². The highest BCUT2D eigenvalue weighted by molar-refractivity contribution is 5.72. The third-order valence-electron chi connectivity index (χ3n) is 3.25. The first kappa shape index (κ1) is 12.5. The summed E-state index contributed by atoms with van der Waals surface area (Å²) in [5.74, 6) is 0.276. The molecule has 2 N–H and O–H groups in total. The van der Waals surface area contributed by atoms with Gasteiger partial charge in [0.25, 0.3) is 0 Å². The average Bonchev–Trinajstić information content (AvgIpc) is 2.39. The Balaban J connectivity index is 2.48. The van der Waals surface area contributed by atoms with E-state index in [1.807, 2.05) is 25.1 Å². The minimum absolute atomic E-state index is 0.119. The third kappa shape index (κ3) is 2.33. The molecule has 2 nitrogen and oxygen atoms in total. The van der Waals surface area contributed by atoms with Gasteiger partial charge in [-0.15, -0.1) is 0 Å². The Hall–Kier alpha value is -1.96. The van der Waals surface area contributed by atoms with Gasteiger partial charge in [0, 0.05) is 11.6 Å². The van der Waals surface area contributed by atoms with Crippen LogP contribution < -0.4 is 0 Å². The fourth-order valence-electron chi connectivity index (χ4n) is 2.06. The maximum atomic E-state index is 9.93. The number of phenols is 2. The van der Waals surface area contributed by atoms with Crippen LogP contribution in [0.25, 0.3) is 11.1 Å². The number of hydrogen-bond donors (Lipinski definition) is 2. The van der Waals surface area contributed by atoms with Gasteiger partial charge in [-0.2, -0.15) is 0 Å². The van der Waals surface area contributed by atoms with Crippen LogP contribution >= 0.6 is 0 Å². The molecular formula is C16H18O2. The summed E-state index contributed by atoms with van der Waals surface area (Å²) in [6.07, 6.45) is 1.74. The fourth-order valence-corrected chi connectivity index (χ4v) is 2.06. The van der Waals surface area contributed by atoms with Gasteiger partial charge < -0.3 is 10.2 Å². The van der Waals surface area contributed by atoms with Gasteiger partial charge >= 0.3 is 0 Å². The lowest BCUT2D eigenvalue weighted by molar-refractivity contribution is 0.447. The van der Waals surface area contributed by atoms with E-state index in [-0.39, 0.29) is 11.5 Å². The molecule has 0 aromatic heterocycles. The summed E-state index contributed by atoms with van der Waals surface area (Å²) in [7, 11) is 0. The molecule has 0 radical (unpaired) electrons. The lowest BCUT2D eigenvalue weighted by Crippen LogP contribution is -1.87. The van der Waals surface area contributed by atoms with Crippen LogP contribution in [0.5, 0.6) is 11.5 Å². The minimum atomic E-state index is 0.119. The van der Waals surface area contributed by atoms with Gasteiger partial charge in [-0.1, -0.05) is 38.1 Å². The summed E-state index contributed by atoms with van der Waals surface area (Å²) >= 11 is 0. The molecule has 0 spiro atoms. The number of hydrogen-bond acceptors (Lipinski definition) is 2. The number of rotatable bonds is 3. The van der Waals surface area contributed by atoms with E-state index in [1.165, 1.54) is 11.6 Å². The van der Waals surface area contributed by atoms with E-state index in [0.29, 0.717) is 0 Å². The molecule has 94 valence electrons. The second kappa shape index (κ2) is 5.13. The number of aromatic hydroxyl groups is 2. The molecule has 0 fully saturated rings. The molecule has 0 atom stereocenters. The molecule has 2 aromatic carbocycles. The van der Waals surface area contributed by atoms with Crippen molar-refractivity contribution in [1.29, 1.82) is 0 Å². The summed E-state index contributed by atoms with van der Waals surface area (Å²) in [4.78, 5) is 0. The standard InChI is InChI=1S/C16H18O2/c1-3-11-5-7-13(8-6-11)14-9-12(4-2)15(17)10-16(14)18/h5-10,17-18H,3-4H2,1-2H3. The monoisotopic (exact) mass is 242 g/mol. The van der Waals surface area contributed by atoms with E-state index in [4.69, 9.17) is 0 Å². The lowest BCUT2D eigenvalue weighted by Gasteiger charge is -2.09. The highest BCUT2D eigenvalue weighted by Crippen LogP contribution is 2.35. The van der Waals surface area contributed by atoms with E-state index >= 15 is 0 Å². The first-order valence-corrected chi connectivity index (χ1v) is 6.29. The highest BCUT2D eigenvalue weighted by Gasteiger charge is 2.09. The molecule has 0 heterocycles. The zero-order valence-corrected chi connectivity index (χ0v) is 10.8. The maximum absolute atomic E-state index is 9.93. The smallest absolute Gasteiger partial charge is 0.127 e. The summed E-state index contributed by atoms with van der Waals surface area (Å²) in [6.45, 7) is 4.10. The van der Waals surface area contributed by atoms with Gasteiger partial charge in [0.2, 0.25) is 0 Å². The first-order chi connectivity index (χ1) is 8.65. The summed E-state index contributed by atoms with van der Waals surface area (Å²) in [5, 5.41) is 19.6. The molecule has 0 amide bonds. The molecule has 0 aliphatic carbocycles. The van der Waals surface area contributed by atoms with Crippen LogP contribution in [0.2, 0.25) is 0 Å². The van der Waals surface area contributed by atoms with Crippen LogP contribution in [-0.2, 0) is 12.8 Å². The van der Waals surface area contributed by atoms with Crippen molar-refractivity contribution in [2.75, 3.05) is 0 Å². The normalized spacial score (nSPS) is 10.6. The molecule has 0 aliphatic heterocycles. The highest BCUT2D eigenvalue weighted by atomic mass is 16.3. The number of phenolic OH excluding ortho intramolecular Hbond substituents is 2. The Labute approximate surface area is 108 Å². The first-order valence-electron chi connectivity index (χ1n) is 6.29. The Morgan fingerprint density at radius 1 is 0.833 bits per heavy atom. The third-order valence-corrected chi connectivity index (χ3v) is 3.25. The largest absolute Gasteiger partial charge is 0.508 e. The topological polar surface area (TPSA) is 40.5 Å². The van der Waals surface area contributed by atoms with E-state index in [9.17, 15) is 10.2 Å². The van der Waals surface area contributed by atoms with Gasteiger partial charge in [0.05, 0.1) is 0 Å². The van der Waals surface area contributed by atoms with Gasteiger partial charge in [0.1, 0.15) is 11.5 Å². The molecule has 2 rings (SSSR count). The molecule has 18 heavy (non-hydrogen) atoms. The van der Waals surface area contributed by atoms with E-state index < -0.39 is 0 Å². The van der Waals surface area contributed by atoms with Crippen molar-refractivity contribution in [3.8, 4) is 22.6 Å². The van der Waals surface area contributed by atoms with Gasteiger partial charge in [-0.25, -0.2) is 0 Å². The second-order valence-corrected chi connectivity index (χ2v) is 4.40. The molecule has 0 aliphatic rings. The van der Waals surface area contributed by atoms with Crippen molar-refractivity contribution >= 4 is 0 Å². The predicted molar refractivity (Wildman–Crippen MR) is 74.0 cm³/mol. The summed E-state index contributed by atoms with van der Waals surface area (Å²) < 4.78 is 0. The quantitative estimate of drug-likeness (QED) is 0.857. The molecule has 0 saturated heterocycles. The summed E-state index contributed by atoms with van der Waals surface area (Å²) in [6, 6.07) is 11.4. The number of aryl methyl sites for hydroxylation is 2. The van der Waals surface area contributed by atoms with E-state index in [0.717, 1.165) is 29.5 Å². The second-order valence-electron chi connectivity index (χ2n) is 4.40. The van der Waals surface area contributed by atoms with Gasteiger partial charge in [-0.05, 0) is 35.6 Å². The van der Waals surface area contributed by atoms with Gasteiger partial charge in [-0.3, -0.25) is 0 Å². The Morgan fingerprint density at radius 3 is 2.06 bits per heavy atom. The van der Waals surface area contributed by atoms with Crippen LogP contribution in [0.15, 0.2) is 36.4 Å². The zero-order chi connectivity index (χ0) is 13.1. The van der Waals surface area contributed by atoms with Gasteiger partial charge in [0.15, 0.2) is 0 Å². The van der Waals surface area contributed by atoms with Crippen molar-refractivity contribution in [2.45, 2.75) is 26.7 Å². The van der Waals surface area contributed by atoms with E-state index in [1.54, 1.807) is 0 Å². The van der Waals surface area contributed by atoms with Crippen molar-refractivity contribution in [1.82, 2.24) is 0 Å². The van der Waals surface area contributed by atoms with Crippen molar-refractivity contribution < 1.29 is 10.2 Å². The van der Waals surface area contributed by atoms with Crippen LogP contribution in [0.1, 0.15) is 25.0 Å². The lowest BCUT2D eigenvalue weighted by atomic mass is 9.99. The summed E-state index contributed by atoms with van der Waals surface area (Å²) in [5.41, 5.74) is 3.86. The Bertz CT molecular complexity index is 542. The molecule has 2 aromatic rings. The molecule has 0 bridgehead atoms. The Kier molecular flexibility index (Phi) is 3.56. The Morgan fingerprint density at radius 2 is 1.50 bits per heavy atom. The van der Waals surface area contributed by atoms with Crippen LogP contribution in [0.3, 0.4) is 0 Å². The number of benzene rings is 2. The maximum Gasteiger partial charge on any atom is 0.127 e. The van der Waals surface area contributed by atoms with Crippen LogP contribution in [-0.4, -0.2) is 10.2 Å². The van der Waals surface area contributed by atoms with Crippen molar-refractivity contribution in [3.05, 3.63) is 47.5 Å². The van der Waals surface area contributed by atoms with E-state index in [2.05, 4.69) is 19.1 Å². The SMILES string of the molecule is CCc1ccc(-c2cc(CC)c(O)cc2O)cc1. The average molecular weight is 242 g/mol. The predicted octanol–water partition coefficient (Wildman–Crippen LogP) is 3.89. The van der Waals surface area contributed by atoms with Crippen LogP contribution in [0, 0.1) is 0 Å². The zero-order valence-electron chi connectivity index (χ0n) is 10.8. The minimum Gasteiger partial charge on any atom is -0.508 e. The molecule has 0 unspecified atom stereocenters. The van der Waals surface area contributed by atoms with Crippen LogP contribution in [0.4, 0.5) is 0 Å².